The second-order valence-electron chi connectivity index (χ2n) is 9.06. The average molecular weight is 554 g/mol. The minimum atomic E-state index is -1.30. The van der Waals surface area contributed by atoms with Crippen molar-refractivity contribution in [1.29, 1.82) is 5.41 Å². The van der Waals surface area contributed by atoms with Gasteiger partial charge in [-0.05, 0) is 36.0 Å². The summed E-state index contributed by atoms with van der Waals surface area (Å²) in [5.74, 6) is -4.24. The molecular formula is C27H35N7O6. The van der Waals surface area contributed by atoms with Gasteiger partial charge in [0.15, 0.2) is 5.96 Å². The third-order valence-corrected chi connectivity index (χ3v) is 5.89. The van der Waals surface area contributed by atoms with E-state index in [1.54, 1.807) is 24.3 Å². The number of nitrogens with two attached hydrogens (primary N) is 2. The van der Waals surface area contributed by atoms with Crippen molar-refractivity contribution in [3.8, 4) is 11.1 Å². The number of rotatable bonds is 15. The number of carbonyl (C=O) groups is 5. The van der Waals surface area contributed by atoms with Crippen molar-refractivity contribution in [2.45, 2.75) is 50.7 Å². The van der Waals surface area contributed by atoms with Gasteiger partial charge in [-0.15, -0.1) is 0 Å². The van der Waals surface area contributed by atoms with Gasteiger partial charge in [0.1, 0.15) is 18.1 Å². The van der Waals surface area contributed by atoms with Gasteiger partial charge in [0.05, 0.1) is 0 Å². The number of primary amides is 1. The number of carboxylic acid groups (broad SMARTS) is 1. The number of hydrogen-bond donors (Lipinski definition) is 8. The second-order valence-corrected chi connectivity index (χ2v) is 9.06. The zero-order valence-corrected chi connectivity index (χ0v) is 22.1. The molecule has 0 aliphatic rings. The summed E-state index contributed by atoms with van der Waals surface area (Å²) >= 11 is 0. The molecule has 2 aromatic rings. The number of hydrogen-bond acceptors (Lipinski definition) is 6. The van der Waals surface area contributed by atoms with E-state index >= 15 is 0 Å². The van der Waals surface area contributed by atoms with E-state index in [-0.39, 0.29) is 31.8 Å². The summed E-state index contributed by atoms with van der Waals surface area (Å²) in [5, 5.41) is 26.4. The maximum absolute atomic E-state index is 13.4. The Labute approximate surface area is 231 Å². The van der Waals surface area contributed by atoms with Crippen molar-refractivity contribution in [2.24, 2.45) is 11.5 Å². The fraction of sp³-hybridized carbons (Fsp3) is 0.333. The highest BCUT2D eigenvalue weighted by molar-refractivity contribution is 5.94. The Morgan fingerprint density at radius 3 is 2.00 bits per heavy atom. The Hall–Kier alpha value is -4.94. The van der Waals surface area contributed by atoms with Crippen molar-refractivity contribution in [2.75, 3.05) is 6.54 Å². The molecule has 0 heterocycles. The van der Waals surface area contributed by atoms with E-state index in [1.807, 2.05) is 30.3 Å². The summed E-state index contributed by atoms with van der Waals surface area (Å²) in [6.45, 7) is 1.46. The van der Waals surface area contributed by atoms with E-state index in [0.717, 1.165) is 11.1 Å². The molecule has 10 N–H and O–H groups in total. The molecule has 0 radical (unpaired) electrons. The Bertz CT molecular complexity index is 1200. The molecule has 0 saturated carbocycles. The topological polar surface area (TPSA) is 230 Å². The van der Waals surface area contributed by atoms with Crippen molar-refractivity contribution < 1.29 is 29.1 Å². The lowest BCUT2D eigenvalue weighted by Crippen LogP contribution is -2.52. The van der Waals surface area contributed by atoms with Crippen molar-refractivity contribution in [3.63, 3.8) is 0 Å². The highest BCUT2D eigenvalue weighted by Crippen LogP contribution is 2.22. The van der Waals surface area contributed by atoms with Crippen LogP contribution < -0.4 is 32.7 Å². The SMILES string of the molecule is CC(=O)NC(CCC(=O)O)C(=O)NC(C(=O)NC(CCCNC(=N)N)C(N)=O)c1ccc(-c2ccccc2)cc1. The molecule has 0 spiro atoms. The molecule has 0 bridgehead atoms. The molecule has 2 rings (SSSR count). The average Bonchev–Trinajstić information content (AvgIpc) is 2.91. The normalized spacial score (nSPS) is 12.7. The maximum atomic E-state index is 13.4. The van der Waals surface area contributed by atoms with Gasteiger partial charge in [-0.25, -0.2) is 0 Å². The first-order chi connectivity index (χ1) is 19.0. The molecule has 0 fully saturated rings. The molecule has 214 valence electrons. The zero-order chi connectivity index (χ0) is 29.7. The monoisotopic (exact) mass is 553 g/mol. The molecule has 40 heavy (non-hydrogen) atoms. The van der Waals surface area contributed by atoms with Crippen LogP contribution in [0.5, 0.6) is 0 Å². The molecule has 13 heteroatoms. The summed E-state index contributed by atoms with van der Waals surface area (Å²) in [6.07, 6.45) is -0.0910. The van der Waals surface area contributed by atoms with E-state index in [1.165, 1.54) is 6.92 Å². The van der Waals surface area contributed by atoms with E-state index in [9.17, 15) is 24.0 Å². The molecule has 0 aromatic heterocycles. The largest absolute Gasteiger partial charge is 0.481 e. The molecule has 0 aliphatic carbocycles. The number of carbonyl (C=O) groups excluding carboxylic acids is 4. The lowest BCUT2D eigenvalue weighted by molar-refractivity contribution is -0.138. The first-order valence-electron chi connectivity index (χ1n) is 12.6. The van der Waals surface area contributed by atoms with Crippen LogP contribution in [0.1, 0.15) is 44.2 Å². The van der Waals surface area contributed by atoms with Gasteiger partial charge in [-0.1, -0.05) is 54.6 Å². The van der Waals surface area contributed by atoms with E-state index in [4.69, 9.17) is 22.0 Å². The van der Waals surface area contributed by atoms with Gasteiger partial charge in [0.2, 0.25) is 23.6 Å². The van der Waals surface area contributed by atoms with Crippen LogP contribution in [0.15, 0.2) is 54.6 Å². The molecule has 4 amide bonds. The number of aliphatic carboxylic acids is 1. The van der Waals surface area contributed by atoms with Crippen molar-refractivity contribution in [1.82, 2.24) is 21.3 Å². The van der Waals surface area contributed by atoms with E-state index in [2.05, 4.69) is 21.3 Å². The van der Waals surface area contributed by atoms with Gasteiger partial charge in [-0.3, -0.25) is 29.4 Å². The quantitative estimate of drug-likeness (QED) is 0.0855. The van der Waals surface area contributed by atoms with Gasteiger partial charge in [0, 0.05) is 19.9 Å². The highest BCUT2D eigenvalue weighted by atomic mass is 16.4. The van der Waals surface area contributed by atoms with Crippen LogP contribution in [0, 0.1) is 5.41 Å². The van der Waals surface area contributed by atoms with Crippen LogP contribution in [0.4, 0.5) is 0 Å². The van der Waals surface area contributed by atoms with Crippen LogP contribution in [0.3, 0.4) is 0 Å². The summed E-state index contributed by atoms with van der Waals surface area (Å²) in [4.78, 5) is 61.3. The standard InChI is InChI=1S/C27H35N7O6/c1-16(35)32-21(13-14-22(36)37)25(39)34-23(19-11-9-18(10-12-19)17-6-3-2-4-7-17)26(40)33-20(24(28)38)8-5-15-31-27(29)30/h2-4,6-7,9-12,20-21,23H,5,8,13-15H2,1H3,(H2,28,38)(H,32,35)(H,33,40)(H,34,39)(H,36,37)(H4,29,30,31). The fourth-order valence-electron chi connectivity index (χ4n) is 3.89. The number of guanidine groups is 1. The molecular weight excluding hydrogens is 518 g/mol. The molecule has 3 unspecified atom stereocenters. The number of nitrogens with one attached hydrogen (secondary N) is 5. The van der Waals surface area contributed by atoms with Crippen molar-refractivity contribution >= 4 is 35.6 Å². The Morgan fingerprint density at radius 1 is 0.825 bits per heavy atom. The van der Waals surface area contributed by atoms with Gasteiger partial charge < -0.3 is 37.8 Å². The molecule has 0 saturated heterocycles. The van der Waals surface area contributed by atoms with Gasteiger partial charge in [0.25, 0.3) is 0 Å². The predicted molar refractivity (Wildman–Crippen MR) is 148 cm³/mol. The van der Waals surface area contributed by atoms with E-state index < -0.39 is 47.7 Å². The minimum absolute atomic E-state index is 0.141. The fourth-order valence-corrected chi connectivity index (χ4v) is 3.89. The molecule has 3 atom stereocenters. The lowest BCUT2D eigenvalue weighted by Gasteiger charge is -2.25. The number of carboxylic acids is 1. The van der Waals surface area contributed by atoms with Gasteiger partial charge >= 0.3 is 5.97 Å². The van der Waals surface area contributed by atoms with Crippen LogP contribution in [-0.4, -0.2) is 59.3 Å². The minimum Gasteiger partial charge on any atom is -0.481 e. The van der Waals surface area contributed by atoms with E-state index in [0.29, 0.717) is 12.0 Å². The number of amides is 4. The van der Waals surface area contributed by atoms with Gasteiger partial charge in [-0.2, -0.15) is 0 Å². The third kappa shape index (κ3) is 10.4. The van der Waals surface area contributed by atoms with Crippen LogP contribution in [0.2, 0.25) is 0 Å². The predicted octanol–water partition coefficient (Wildman–Crippen LogP) is 0.114. The van der Waals surface area contributed by atoms with Crippen LogP contribution >= 0.6 is 0 Å². The lowest BCUT2D eigenvalue weighted by atomic mass is 9.99. The Kier molecular flexibility index (Phi) is 12.1. The summed E-state index contributed by atoms with van der Waals surface area (Å²) in [7, 11) is 0. The second kappa shape index (κ2) is 15.5. The summed E-state index contributed by atoms with van der Waals surface area (Å²) in [6, 6.07) is 12.7. The van der Waals surface area contributed by atoms with Crippen molar-refractivity contribution in [3.05, 3.63) is 60.2 Å². The zero-order valence-electron chi connectivity index (χ0n) is 22.1. The first-order valence-corrected chi connectivity index (χ1v) is 12.6. The van der Waals surface area contributed by atoms with Crippen LogP contribution in [0.25, 0.3) is 11.1 Å². The number of benzene rings is 2. The van der Waals surface area contributed by atoms with Crippen LogP contribution in [-0.2, 0) is 24.0 Å². The maximum Gasteiger partial charge on any atom is 0.303 e. The molecule has 13 nitrogen and oxygen atoms in total. The Balaban J connectivity index is 2.31. The molecule has 2 aromatic carbocycles. The summed E-state index contributed by atoms with van der Waals surface area (Å²) in [5.41, 5.74) is 12.9. The summed E-state index contributed by atoms with van der Waals surface area (Å²) < 4.78 is 0. The Morgan fingerprint density at radius 2 is 1.45 bits per heavy atom. The third-order valence-electron chi connectivity index (χ3n) is 5.89. The smallest absolute Gasteiger partial charge is 0.303 e. The highest BCUT2D eigenvalue weighted by Gasteiger charge is 2.30. The first kappa shape index (κ1) is 31.3. The molecule has 0 aliphatic heterocycles.